The Kier molecular flexibility index (Phi) is 7.87. The molecule has 0 spiro atoms. The molecule has 0 aliphatic heterocycles. The number of aliphatic hydroxyl groups excluding tert-OH is 1. The summed E-state index contributed by atoms with van der Waals surface area (Å²) in [7, 11) is 1.65. The molecule has 192 valence electrons. The van der Waals surface area contributed by atoms with Crippen LogP contribution < -0.4 is 9.47 Å². The third-order valence-electron chi connectivity index (χ3n) is 6.81. The van der Waals surface area contributed by atoms with E-state index in [-0.39, 0.29) is 0 Å². The largest absolute Gasteiger partial charge is 0.493 e. The minimum absolute atomic E-state index is 0.448. The van der Waals surface area contributed by atoms with Gasteiger partial charge >= 0.3 is 0 Å². The molecule has 1 heterocycles. The highest BCUT2D eigenvalue weighted by Gasteiger charge is 2.33. The van der Waals surface area contributed by atoms with Crippen molar-refractivity contribution < 1.29 is 14.6 Å². The van der Waals surface area contributed by atoms with E-state index in [0.29, 0.717) is 42.9 Å². The fraction of sp³-hybridized carbons (Fsp3) is 0.323. The van der Waals surface area contributed by atoms with Gasteiger partial charge in [0.05, 0.1) is 30.2 Å². The van der Waals surface area contributed by atoms with Gasteiger partial charge in [0.1, 0.15) is 0 Å². The molecule has 4 aromatic rings. The van der Waals surface area contributed by atoms with Crippen LogP contribution in [0.15, 0.2) is 84.9 Å². The van der Waals surface area contributed by atoms with Crippen molar-refractivity contribution in [3.05, 3.63) is 102 Å². The molecule has 0 radical (unpaired) electrons. The van der Waals surface area contributed by atoms with Crippen LogP contribution in [-0.4, -0.2) is 45.6 Å². The third kappa shape index (κ3) is 6.04. The van der Waals surface area contributed by atoms with E-state index in [1.54, 1.807) is 7.11 Å². The second-order valence-corrected chi connectivity index (χ2v) is 9.59. The normalized spacial score (nSPS) is 14.1. The van der Waals surface area contributed by atoms with Crippen molar-refractivity contribution in [1.82, 2.24) is 14.7 Å². The van der Waals surface area contributed by atoms with E-state index in [1.807, 2.05) is 77.5 Å². The minimum atomic E-state index is -0.448. The standard InChI is InChI=1S/C31H35N3O3/c1-3-28-27(22-33(24-18-19-24)21-26(35)20-23-12-6-4-7-13-23)31(34(32-28)25-14-8-5-9-15-25)37-30-17-11-10-16-29(30)36-2/h4-17,24,26,35H,3,18-22H2,1-2H3. The summed E-state index contributed by atoms with van der Waals surface area (Å²) >= 11 is 0. The van der Waals surface area contributed by atoms with Crippen molar-refractivity contribution in [2.75, 3.05) is 13.7 Å². The molecule has 1 unspecified atom stereocenters. The molecule has 1 aliphatic carbocycles. The van der Waals surface area contributed by atoms with Crippen LogP contribution in [-0.2, 0) is 19.4 Å². The summed E-state index contributed by atoms with van der Waals surface area (Å²) in [4.78, 5) is 2.40. The predicted molar refractivity (Wildman–Crippen MR) is 146 cm³/mol. The molecule has 37 heavy (non-hydrogen) atoms. The lowest BCUT2D eigenvalue weighted by Crippen LogP contribution is -2.35. The highest BCUT2D eigenvalue weighted by molar-refractivity contribution is 5.47. The fourth-order valence-corrected chi connectivity index (χ4v) is 4.78. The minimum Gasteiger partial charge on any atom is -0.493 e. The van der Waals surface area contributed by atoms with Gasteiger partial charge in [0.25, 0.3) is 0 Å². The molecule has 1 aliphatic rings. The van der Waals surface area contributed by atoms with Gasteiger partial charge < -0.3 is 14.6 Å². The third-order valence-corrected chi connectivity index (χ3v) is 6.81. The number of para-hydroxylation sites is 3. The Hall–Kier alpha value is -3.61. The Morgan fingerprint density at radius 2 is 1.59 bits per heavy atom. The Bertz CT molecular complexity index is 1290. The number of hydrogen-bond donors (Lipinski definition) is 1. The zero-order valence-corrected chi connectivity index (χ0v) is 21.6. The van der Waals surface area contributed by atoms with Crippen LogP contribution in [0.25, 0.3) is 5.69 Å². The second-order valence-electron chi connectivity index (χ2n) is 9.59. The molecule has 6 nitrogen and oxygen atoms in total. The summed E-state index contributed by atoms with van der Waals surface area (Å²) in [6.45, 7) is 3.39. The smallest absolute Gasteiger partial charge is 0.227 e. The number of ether oxygens (including phenoxy) is 2. The van der Waals surface area contributed by atoms with E-state index in [4.69, 9.17) is 14.6 Å². The lowest BCUT2D eigenvalue weighted by Gasteiger charge is -2.25. The number of benzene rings is 3. The summed E-state index contributed by atoms with van der Waals surface area (Å²) in [6.07, 6.45) is 3.27. The van der Waals surface area contributed by atoms with Crippen LogP contribution in [0.3, 0.4) is 0 Å². The van der Waals surface area contributed by atoms with Crippen molar-refractivity contribution in [3.8, 4) is 23.1 Å². The molecule has 1 atom stereocenters. The van der Waals surface area contributed by atoms with Gasteiger partial charge in [0.15, 0.2) is 11.5 Å². The summed E-state index contributed by atoms with van der Waals surface area (Å²) in [5.41, 5.74) is 4.14. The molecule has 5 rings (SSSR count). The average Bonchev–Trinajstić information content (AvgIpc) is 3.73. The SMILES string of the molecule is CCc1nn(-c2ccccc2)c(Oc2ccccc2OC)c1CN(CC(O)Cc1ccccc1)C1CC1. The molecule has 3 aromatic carbocycles. The maximum absolute atomic E-state index is 11.0. The van der Waals surface area contributed by atoms with Gasteiger partial charge in [-0.05, 0) is 55.5 Å². The van der Waals surface area contributed by atoms with Crippen molar-refractivity contribution >= 4 is 0 Å². The molecule has 1 fully saturated rings. The number of aromatic nitrogens is 2. The van der Waals surface area contributed by atoms with E-state index >= 15 is 0 Å². The van der Waals surface area contributed by atoms with Gasteiger partial charge in [0, 0.05) is 19.1 Å². The Morgan fingerprint density at radius 3 is 2.24 bits per heavy atom. The van der Waals surface area contributed by atoms with Gasteiger partial charge in [0.2, 0.25) is 5.88 Å². The van der Waals surface area contributed by atoms with Gasteiger partial charge in [-0.2, -0.15) is 5.10 Å². The van der Waals surface area contributed by atoms with E-state index in [2.05, 4.69) is 24.0 Å². The highest BCUT2D eigenvalue weighted by atomic mass is 16.5. The summed E-state index contributed by atoms with van der Waals surface area (Å²) < 4.78 is 14.1. The number of rotatable bonds is 12. The molecular formula is C31H35N3O3. The zero-order chi connectivity index (χ0) is 25.6. The van der Waals surface area contributed by atoms with Crippen molar-refractivity contribution in [1.29, 1.82) is 0 Å². The molecule has 1 saturated carbocycles. The molecule has 1 N–H and O–H groups in total. The topological polar surface area (TPSA) is 59.8 Å². The van der Waals surface area contributed by atoms with Crippen LogP contribution in [0, 0.1) is 0 Å². The number of methoxy groups -OCH3 is 1. The maximum atomic E-state index is 11.0. The highest BCUT2D eigenvalue weighted by Crippen LogP contribution is 2.38. The maximum Gasteiger partial charge on any atom is 0.227 e. The van der Waals surface area contributed by atoms with Crippen LogP contribution in [0.5, 0.6) is 17.4 Å². The first kappa shape index (κ1) is 25.1. The average molecular weight is 498 g/mol. The second kappa shape index (κ2) is 11.6. The Morgan fingerprint density at radius 1 is 0.946 bits per heavy atom. The summed E-state index contributed by atoms with van der Waals surface area (Å²) in [6, 6.07) is 28.4. The van der Waals surface area contributed by atoms with Crippen molar-refractivity contribution in [2.45, 2.75) is 51.3 Å². The molecule has 0 saturated heterocycles. The first-order valence-electron chi connectivity index (χ1n) is 13.1. The van der Waals surface area contributed by atoms with Crippen molar-refractivity contribution in [2.24, 2.45) is 0 Å². The number of aliphatic hydroxyl groups is 1. The van der Waals surface area contributed by atoms with E-state index < -0.39 is 6.10 Å². The first-order valence-corrected chi connectivity index (χ1v) is 13.1. The quantitative estimate of drug-likeness (QED) is 0.268. The lowest BCUT2D eigenvalue weighted by atomic mass is 10.1. The summed E-state index contributed by atoms with van der Waals surface area (Å²) in [5.74, 6) is 2.01. The lowest BCUT2D eigenvalue weighted by molar-refractivity contribution is 0.103. The molecule has 1 aromatic heterocycles. The number of hydrogen-bond acceptors (Lipinski definition) is 5. The van der Waals surface area contributed by atoms with Gasteiger partial charge in [-0.25, -0.2) is 4.68 Å². The number of aryl methyl sites for hydroxylation is 1. The van der Waals surface area contributed by atoms with Crippen molar-refractivity contribution in [3.63, 3.8) is 0 Å². The molecule has 6 heteroatoms. The molecular weight excluding hydrogens is 462 g/mol. The van der Waals surface area contributed by atoms with Crippen LogP contribution in [0.4, 0.5) is 0 Å². The Balaban J connectivity index is 1.48. The van der Waals surface area contributed by atoms with Gasteiger partial charge in [-0.15, -0.1) is 0 Å². The summed E-state index contributed by atoms with van der Waals surface area (Å²) in [5, 5.41) is 16.0. The molecule has 0 amide bonds. The van der Waals surface area contributed by atoms with Gasteiger partial charge in [-0.3, -0.25) is 4.90 Å². The van der Waals surface area contributed by atoms with Crippen LogP contribution >= 0.6 is 0 Å². The fourth-order valence-electron chi connectivity index (χ4n) is 4.78. The molecule has 0 bridgehead atoms. The van der Waals surface area contributed by atoms with Crippen LogP contribution in [0.1, 0.15) is 36.6 Å². The first-order chi connectivity index (χ1) is 18.2. The Labute approximate surface area is 219 Å². The van der Waals surface area contributed by atoms with Crippen LogP contribution in [0.2, 0.25) is 0 Å². The zero-order valence-electron chi connectivity index (χ0n) is 21.6. The van der Waals surface area contributed by atoms with E-state index in [0.717, 1.165) is 41.8 Å². The van der Waals surface area contributed by atoms with E-state index in [9.17, 15) is 5.11 Å². The number of nitrogens with zero attached hydrogens (tertiary/aromatic N) is 3. The predicted octanol–water partition coefficient (Wildman–Crippen LogP) is 5.80. The monoisotopic (exact) mass is 497 g/mol. The van der Waals surface area contributed by atoms with E-state index in [1.165, 1.54) is 0 Å². The van der Waals surface area contributed by atoms with Gasteiger partial charge in [-0.1, -0.05) is 67.6 Å².